The molecule has 1 aromatic heterocycles. The monoisotopic (exact) mass is 298 g/mol. The van der Waals surface area contributed by atoms with E-state index >= 15 is 0 Å². The molecule has 3 rings (SSSR count). The average molecular weight is 298 g/mol. The first-order valence-electron chi connectivity index (χ1n) is 7.42. The molecule has 5 heteroatoms. The van der Waals surface area contributed by atoms with Gasteiger partial charge in [-0.3, -0.25) is 9.78 Å². The molecule has 2 heterocycles. The van der Waals surface area contributed by atoms with Gasteiger partial charge in [0.25, 0.3) is 5.91 Å². The molecule has 1 aromatic carbocycles. The maximum atomic E-state index is 12.0. The molecule has 1 saturated heterocycles. The van der Waals surface area contributed by atoms with Crippen LogP contribution in [0.3, 0.4) is 0 Å². The zero-order valence-electron chi connectivity index (χ0n) is 12.2. The summed E-state index contributed by atoms with van der Waals surface area (Å²) >= 11 is 0. The first-order valence-corrected chi connectivity index (χ1v) is 7.42. The Morgan fingerprint density at radius 2 is 2.00 bits per heavy atom. The number of hydroxylamine groups is 1. The highest BCUT2D eigenvalue weighted by Crippen LogP contribution is 2.18. The number of aromatic nitrogens is 1. The topological polar surface area (TPSA) is 60.5 Å². The van der Waals surface area contributed by atoms with Gasteiger partial charge in [0.1, 0.15) is 5.69 Å². The molecule has 0 saturated carbocycles. The number of amides is 1. The minimum atomic E-state index is -0.367. The van der Waals surface area contributed by atoms with Crippen LogP contribution in [0.25, 0.3) is 11.1 Å². The second-order valence-electron chi connectivity index (χ2n) is 5.14. The number of ether oxygens (including phenoxy) is 1. The van der Waals surface area contributed by atoms with Crippen molar-refractivity contribution in [2.24, 2.45) is 0 Å². The maximum absolute atomic E-state index is 12.0. The standard InChI is InChI=1S/C17H18N2O3/c20-17(19-22-16-8-4-5-11-21-16)15-10-9-14(12-18-15)13-6-2-1-3-7-13/h1-3,6-7,9-10,12,16H,4-5,8,11H2,(H,19,20). The van der Waals surface area contributed by atoms with Crippen molar-refractivity contribution in [3.8, 4) is 11.1 Å². The lowest BCUT2D eigenvalue weighted by Gasteiger charge is -2.21. The predicted molar refractivity (Wildman–Crippen MR) is 81.8 cm³/mol. The molecule has 0 radical (unpaired) electrons. The molecular formula is C17H18N2O3. The largest absolute Gasteiger partial charge is 0.350 e. The van der Waals surface area contributed by atoms with Crippen LogP contribution in [0.5, 0.6) is 0 Å². The van der Waals surface area contributed by atoms with Crippen molar-refractivity contribution < 1.29 is 14.4 Å². The van der Waals surface area contributed by atoms with E-state index in [-0.39, 0.29) is 12.2 Å². The zero-order chi connectivity index (χ0) is 15.2. The van der Waals surface area contributed by atoms with Gasteiger partial charge >= 0.3 is 0 Å². The summed E-state index contributed by atoms with van der Waals surface area (Å²) in [6, 6.07) is 13.4. The van der Waals surface area contributed by atoms with E-state index in [4.69, 9.17) is 9.57 Å². The molecule has 0 bridgehead atoms. The van der Waals surface area contributed by atoms with E-state index < -0.39 is 0 Å². The van der Waals surface area contributed by atoms with Gasteiger partial charge in [-0.1, -0.05) is 36.4 Å². The molecule has 1 unspecified atom stereocenters. The lowest BCUT2D eigenvalue weighted by atomic mass is 10.1. The highest BCUT2D eigenvalue weighted by atomic mass is 16.8. The molecule has 1 aliphatic heterocycles. The molecule has 1 aliphatic rings. The molecule has 1 atom stereocenters. The molecule has 114 valence electrons. The Kier molecular flexibility index (Phi) is 4.78. The number of nitrogens with zero attached hydrogens (tertiary/aromatic N) is 1. The Hall–Kier alpha value is -2.24. The van der Waals surface area contributed by atoms with Crippen LogP contribution in [0.15, 0.2) is 48.7 Å². The molecule has 1 fully saturated rings. The SMILES string of the molecule is O=C(NOC1CCCCO1)c1ccc(-c2ccccc2)cn1. The Morgan fingerprint density at radius 1 is 1.14 bits per heavy atom. The van der Waals surface area contributed by atoms with Gasteiger partial charge in [0.15, 0.2) is 6.29 Å². The van der Waals surface area contributed by atoms with Crippen LogP contribution >= 0.6 is 0 Å². The highest BCUT2D eigenvalue weighted by Gasteiger charge is 2.16. The molecule has 0 aliphatic carbocycles. The van der Waals surface area contributed by atoms with Crippen molar-refractivity contribution in [2.45, 2.75) is 25.6 Å². The molecular weight excluding hydrogens is 280 g/mol. The summed E-state index contributed by atoms with van der Waals surface area (Å²) in [5.41, 5.74) is 4.75. The molecule has 5 nitrogen and oxygen atoms in total. The van der Waals surface area contributed by atoms with Gasteiger partial charge in [0, 0.05) is 24.8 Å². The van der Waals surface area contributed by atoms with Crippen molar-refractivity contribution in [1.29, 1.82) is 0 Å². The van der Waals surface area contributed by atoms with Gasteiger partial charge in [-0.05, 0) is 24.5 Å². The first-order chi connectivity index (χ1) is 10.8. The summed E-state index contributed by atoms with van der Waals surface area (Å²) in [7, 11) is 0. The van der Waals surface area contributed by atoms with Crippen molar-refractivity contribution in [1.82, 2.24) is 10.5 Å². The van der Waals surface area contributed by atoms with Gasteiger partial charge in [-0.15, -0.1) is 0 Å². The predicted octanol–water partition coefficient (Wildman–Crippen LogP) is 2.94. The Balaban J connectivity index is 1.59. The lowest BCUT2D eigenvalue weighted by Crippen LogP contribution is -2.33. The average Bonchev–Trinajstić information content (AvgIpc) is 2.61. The van der Waals surface area contributed by atoms with E-state index in [2.05, 4.69) is 10.5 Å². The summed E-state index contributed by atoms with van der Waals surface area (Å²) in [5, 5.41) is 0. The van der Waals surface area contributed by atoms with Gasteiger partial charge < -0.3 is 4.74 Å². The number of pyridine rings is 1. The molecule has 0 spiro atoms. The summed E-state index contributed by atoms with van der Waals surface area (Å²) in [6.07, 6.45) is 4.20. The lowest BCUT2D eigenvalue weighted by molar-refractivity contribution is -0.186. The minimum Gasteiger partial charge on any atom is -0.350 e. The fourth-order valence-electron chi connectivity index (χ4n) is 2.31. The quantitative estimate of drug-likeness (QED) is 0.882. The molecule has 22 heavy (non-hydrogen) atoms. The third-order valence-electron chi connectivity index (χ3n) is 3.52. The van der Waals surface area contributed by atoms with Crippen molar-refractivity contribution >= 4 is 5.91 Å². The summed E-state index contributed by atoms with van der Waals surface area (Å²) in [6.45, 7) is 0.671. The number of hydrogen-bond donors (Lipinski definition) is 1. The minimum absolute atomic E-state index is 0.315. The Labute approximate surface area is 129 Å². The summed E-state index contributed by atoms with van der Waals surface area (Å²) in [5.74, 6) is -0.367. The Morgan fingerprint density at radius 3 is 2.68 bits per heavy atom. The number of hydrogen-bond acceptors (Lipinski definition) is 4. The number of nitrogens with one attached hydrogen (secondary N) is 1. The van der Waals surface area contributed by atoms with Crippen LogP contribution < -0.4 is 5.48 Å². The van der Waals surface area contributed by atoms with E-state index in [9.17, 15) is 4.79 Å². The summed E-state index contributed by atoms with van der Waals surface area (Å²) in [4.78, 5) is 21.4. The second kappa shape index (κ2) is 7.15. The molecule has 1 amide bonds. The normalized spacial score (nSPS) is 17.9. The van der Waals surface area contributed by atoms with Crippen molar-refractivity contribution in [2.75, 3.05) is 6.61 Å². The number of carbonyl (C=O) groups excluding carboxylic acids is 1. The van der Waals surface area contributed by atoms with Crippen LogP contribution in [0, 0.1) is 0 Å². The molecule has 2 aromatic rings. The van der Waals surface area contributed by atoms with E-state index in [1.165, 1.54) is 0 Å². The van der Waals surface area contributed by atoms with Crippen LogP contribution in [0.4, 0.5) is 0 Å². The fourth-order valence-corrected chi connectivity index (χ4v) is 2.31. The molecule has 1 N–H and O–H groups in total. The third kappa shape index (κ3) is 3.69. The van der Waals surface area contributed by atoms with E-state index in [0.29, 0.717) is 12.3 Å². The second-order valence-corrected chi connectivity index (χ2v) is 5.14. The van der Waals surface area contributed by atoms with Crippen LogP contribution in [-0.2, 0) is 9.57 Å². The fraction of sp³-hybridized carbons (Fsp3) is 0.294. The third-order valence-corrected chi connectivity index (χ3v) is 3.52. The van der Waals surface area contributed by atoms with Crippen molar-refractivity contribution in [3.63, 3.8) is 0 Å². The number of rotatable bonds is 4. The smallest absolute Gasteiger partial charge is 0.293 e. The van der Waals surface area contributed by atoms with Gasteiger partial charge in [-0.25, -0.2) is 10.3 Å². The summed E-state index contributed by atoms with van der Waals surface area (Å²) < 4.78 is 5.38. The van der Waals surface area contributed by atoms with Gasteiger partial charge in [0.05, 0.1) is 0 Å². The van der Waals surface area contributed by atoms with E-state index in [1.54, 1.807) is 12.3 Å². The van der Waals surface area contributed by atoms with Crippen LogP contribution in [0.2, 0.25) is 0 Å². The van der Waals surface area contributed by atoms with E-state index in [1.807, 2.05) is 36.4 Å². The van der Waals surface area contributed by atoms with Crippen LogP contribution in [0.1, 0.15) is 29.8 Å². The highest BCUT2D eigenvalue weighted by molar-refractivity contribution is 5.91. The van der Waals surface area contributed by atoms with Gasteiger partial charge in [0.2, 0.25) is 0 Å². The van der Waals surface area contributed by atoms with Crippen molar-refractivity contribution in [3.05, 3.63) is 54.4 Å². The van der Waals surface area contributed by atoms with E-state index in [0.717, 1.165) is 30.4 Å². The van der Waals surface area contributed by atoms with Gasteiger partial charge in [-0.2, -0.15) is 0 Å². The first kappa shape index (κ1) is 14.7. The zero-order valence-corrected chi connectivity index (χ0v) is 12.2. The number of benzene rings is 1. The van der Waals surface area contributed by atoms with Crippen LogP contribution in [-0.4, -0.2) is 23.8 Å². The number of carbonyl (C=O) groups is 1. The maximum Gasteiger partial charge on any atom is 0.293 e. The Bertz CT molecular complexity index is 608.